The van der Waals surface area contributed by atoms with Crippen molar-refractivity contribution in [2.45, 2.75) is 39.5 Å². The van der Waals surface area contributed by atoms with E-state index in [9.17, 15) is 0 Å². The van der Waals surface area contributed by atoms with Crippen LogP contribution < -0.4 is 0 Å². The van der Waals surface area contributed by atoms with Crippen molar-refractivity contribution in [3.8, 4) is 0 Å². The zero-order valence-corrected chi connectivity index (χ0v) is 7.60. The van der Waals surface area contributed by atoms with Gasteiger partial charge in [-0.2, -0.15) is 0 Å². The summed E-state index contributed by atoms with van der Waals surface area (Å²) in [7, 11) is 0. The first-order valence-electron chi connectivity index (χ1n) is 4.67. The van der Waals surface area contributed by atoms with Crippen LogP contribution >= 0.6 is 0 Å². The van der Waals surface area contributed by atoms with Gasteiger partial charge in [0.1, 0.15) is 0 Å². The standard InChI is InChI=1S/C10H18O/c1-3-6-9(2)10-7-4-5-8-11-10/h7,9H,3-6,8H2,1-2H3. The van der Waals surface area contributed by atoms with Crippen molar-refractivity contribution in [1.29, 1.82) is 0 Å². The van der Waals surface area contributed by atoms with Gasteiger partial charge in [-0.15, -0.1) is 0 Å². The second kappa shape index (κ2) is 4.42. The van der Waals surface area contributed by atoms with Crippen LogP contribution in [0.4, 0.5) is 0 Å². The molecule has 1 unspecified atom stereocenters. The first kappa shape index (κ1) is 8.63. The lowest BCUT2D eigenvalue weighted by atomic mass is 10.0. The average Bonchev–Trinajstić information content (AvgIpc) is 2.07. The van der Waals surface area contributed by atoms with Crippen molar-refractivity contribution in [3.05, 3.63) is 11.8 Å². The van der Waals surface area contributed by atoms with Gasteiger partial charge in [0.05, 0.1) is 12.4 Å². The van der Waals surface area contributed by atoms with E-state index in [1.165, 1.54) is 31.4 Å². The summed E-state index contributed by atoms with van der Waals surface area (Å²) in [5.74, 6) is 1.87. The molecule has 0 aromatic rings. The van der Waals surface area contributed by atoms with Crippen molar-refractivity contribution < 1.29 is 4.74 Å². The number of rotatable bonds is 3. The van der Waals surface area contributed by atoms with Gasteiger partial charge in [-0.3, -0.25) is 0 Å². The van der Waals surface area contributed by atoms with Crippen LogP contribution in [-0.4, -0.2) is 6.61 Å². The summed E-state index contributed by atoms with van der Waals surface area (Å²) < 4.78 is 5.55. The highest BCUT2D eigenvalue weighted by molar-refractivity contribution is 4.99. The minimum absolute atomic E-state index is 0.639. The van der Waals surface area contributed by atoms with Crippen LogP contribution in [0, 0.1) is 5.92 Å². The van der Waals surface area contributed by atoms with Gasteiger partial charge in [-0.25, -0.2) is 0 Å². The molecule has 1 heterocycles. The molecule has 0 N–H and O–H groups in total. The first-order valence-corrected chi connectivity index (χ1v) is 4.67. The van der Waals surface area contributed by atoms with E-state index in [1.807, 2.05) is 0 Å². The largest absolute Gasteiger partial charge is 0.498 e. The van der Waals surface area contributed by atoms with E-state index < -0.39 is 0 Å². The Bertz CT molecular complexity index is 138. The molecule has 0 bridgehead atoms. The molecule has 1 rings (SSSR count). The van der Waals surface area contributed by atoms with Crippen LogP contribution in [0.2, 0.25) is 0 Å². The predicted molar refractivity (Wildman–Crippen MR) is 47.3 cm³/mol. The zero-order chi connectivity index (χ0) is 8.10. The van der Waals surface area contributed by atoms with Gasteiger partial charge in [0.25, 0.3) is 0 Å². The number of allylic oxidation sites excluding steroid dienone is 2. The Morgan fingerprint density at radius 2 is 2.45 bits per heavy atom. The van der Waals surface area contributed by atoms with Gasteiger partial charge in [-0.05, 0) is 25.3 Å². The molecule has 0 aliphatic carbocycles. The molecule has 11 heavy (non-hydrogen) atoms. The third-order valence-corrected chi connectivity index (χ3v) is 2.17. The van der Waals surface area contributed by atoms with E-state index >= 15 is 0 Å². The van der Waals surface area contributed by atoms with Crippen molar-refractivity contribution in [1.82, 2.24) is 0 Å². The zero-order valence-electron chi connectivity index (χ0n) is 7.60. The topological polar surface area (TPSA) is 9.23 Å². The fourth-order valence-electron chi connectivity index (χ4n) is 1.50. The quantitative estimate of drug-likeness (QED) is 0.607. The molecule has 0 aromatic carbocycles. The second-order valence-electron chi connectivity index (χ2n) is 3.29. The summed E-state index contributed by atoms with van der Waals surface area (Å²) in [6.45, 7) is 5.40. The van der Waals surface area contributed by atoms with Gasteiger partial charge in [0.2, 0.25) is 0 Å². The Morgan fingerprint density at radius 3 is 3.00 bits per heavy atom. The molecule has 0 fully saturated rings. The molecule has 1 heteroatoms. The van der Waals surface area contributed by atoms with Crippen LogP contribution in [-0.2, 0) is 4.74 Å². The van der Waals surface area contributed by atoms with Crippen LogP contribution in [0.1, 0.15) is 39.5 Å². The van der Waals surface area contributed by atoms with Gasteiger partial charge in [0, 0.05) is 5.92 Å². The Kier molecular flexibility index (Phi) is 3.47. The minimum Gasteiger partial charge on any atom is -0.498 e. The number of hydrogen-bond donors (Lipinski definition) is 0. The highest BCUT2D eigenvalue weighted by atomic mass is 16.5. The highest BCUT2D eigenvalue weighted by Crippen LogP contribution is 2.21. The van der Waals surface area contributed by atoms with E-state index in [0.29, 0.717) is 5.92 Å². The second-order valence-corrected chi connectivity index (χ2v) is 3.29. The van der Waals surface area contributed by atoms with E-state index in [2.05, 4.69) is 19.9 Å². The highest BCUT2D eigenvalue weighted by Gasteiger charge is 2.11. The van der Waals surface area contributed by atoms with E-state index in [0.717, 1.165) is 6.61 Å². The maximum absolute atomic E-state index is 5.55. The summed E-state index contributed by atoms with van der Waals surface area (Å²) >= 11 is 0. The summed E-state index contributed by atoms with van der Waals surface area (Å²) in [4.78, 5) is 0. The molecule has 1 atom stereocenters. The Morgan fingerprint density at radius 1 is 1.64 bits per heavy atom. The monoisotopic (exact) mass is 154 g/mol. The molecular weight excluding hydrogens is 136 g/mol. The molecule has 0 radical (unpaired) electrons. The number of hydrogen-bond acceptors (Lipinski definition) is 1. The van der Waals surface area contributed by atoms with Crippen molar-refractivity contribution in [3.63, 3.8) is 0 Å². The molecule has 1 aliphatic heterocycles. The van der Waals surface area contributed by atoms with Crippen LogP contribution in [0.3, 0.4) is 0 Å². The fourth-order valence-corrected chi connectivity index (χ4v) is 1.50. The smallest absolute Gasteiger partial charge is 0.0948 e. The normalized spacial score (nSPS) is 20.4. The van der Waals surface area contributed by atoms with Gasteiger partial charge in [0.15, 0.2) is 0 Å². The maximum atomic E-state index is 5.55. The fraction of sp³-hybridized carbons (Fsp3) is 0.800. The minimum atomic E-state index is 0.639. The SMILES string of the molecule is CCCC(C)C1=CCCCO1. The predicted octanol–water partition coefficient (Wildman–Crippen LogP) is 3.12. The van der Waals surface area contributed by atoms with Gasteiger partial charge >= 0.3 is 0 Å². The van der Waals surface area contributed by atoms with Gasteiger partial charge in [-0.1, -0.05) is 20.3 Å². The summed E-state index contributed by atoms with van der Waals surface area (Å²) in [5, 5.41) is 0. The lowest BCUT2D eigenvalue weighted by Crippen LogP contribution is -2.08. The van der Waals surface area contributed by atoms with Crippen LogP contribution in [0.5, 0.6) is 0 Å². The molecule has 0 spiro atoms. The molecule has 64 valence electrons. The summed E-state index contributed by atoms with van der Waals surface area (Å²) in [5.41, 5.74) is 0. The molecular formula is C10H18O. The Balaban J connectivity index is 2.37. The van der Waals surface area contributed by atoms with Crippen molar-refractivity contribution in [2.24, 2.45) is 5.92 Å². The Hall–Kier alpha value is -0.460. The lowest BCUT2D eigenvalue weighted by Gasteiger charge is -2.19. The Labute approximate surface area is 69.4 Å². The van der Waals surface area contributed by atoms with Crippen LogP contribution in [0.15, 0.2) is 11.8 Å². The molecule has 1 nitrogen and oxygen atoms in total. The third-order valence-electron chi connectivity index (χ3n) is 2.17. The maximum Gasteiger partial charge on any atom is 0.0948 e. The third kappa shape index (κ3) is 2.57. The number of ether oxygens (including phenoxy) is 1. The summed E-state index contributed by atoms with van der Waals surface area (Å²) in [6.07, 6.45) is 7.17. The summed E-state index contributed by atoms with van der Waals surface area (Å²) in [6, 6.07) is 0. The van der Waals surface area contributed by atoms with E-state index in [-0.39, 0.29) is 0 Å². The van der Waals surface area contributed by atoms with Gasteiger partial charge < -0.3 is 4.74 Å². The van der Waals surface area contributed by atoms with Crippen molar-refractivity contribution in [2.75, 3.05) is 6.61 Å². The molecule has 0 saturated heterocycles. The molecule has 1 aliphatic rings. The molecule has 0 amide bonds. The van der Waals surface area contributed by atoms with E-state index in [1.54, 1.807) is 0 Å². The van der Waals surface area contributed by atoms with Crippen LogP contribution in [0.25, 0.3) is 0 Å². The first-order chi connectivity index (χ1) is 5.34. The van der Waals surface area contributed by atoms with Crippen molar-refractivity contribution >= 4 is 0 Å². The molecule has 0 aromatic heterocycles. The lowest BCUT2D eigenvalue weighted by molar-refractivity contribution is 0.160. The average molecular weight is 154 g/mol. The van der Waals surface area contributed by atoms with E-state index in [4.69, 9.17) is 4.74 Å². The molecule has 0 saturated carbocycles.